The Kier molecular flexibility index (Phi) is 3.28. The highest BCUT2D eigenvalue weighted by molar-refractivity contribution is 8.00. The van der Waals surface area contributed by atoms with E-state index in [9.17, 15) is 0 Å². The summed E-state index contributed by atoms with van der Waals surface area (Å²) in [5.74, 6) is 0.883. The first-order valence-electron chi connectivity index (χ1n) is 4.47. The van der Waals surface area contributed by atoms with Gasteiger partial charge in [0.15, 0.2) is 0 Å². The van der Waals surface area contributed by atoms with Crippen molar-refractivity contribution in [3.63, 3.8) is 0 Å². The van der Waals surface area contributed by atoms with Gasteiger partial charge in [-0.15, -0.1) is 11.3 Å². The molecule has 1 heterocycles. The Morgan fingerprint density at radius 2 is 2.00 bits per heavy atom. The summed E-state index contributed by atoms with van der Waals surface area (Å²) in [6.45, 7) is 0. The molecule has 0 aliphatic carbocycles. The van der Waals surface area contributed by atoms with Crippen LogP contribution in [0.5, 0.6) is 5.75 Å². The molecule has 0 radical (unpaired) electrons. The molecule has 4 heteroatoms. The van der Waals surface area contributed by atoms with Gasteiger partial charge >= 0.3 is 0 Å². The zero-order valence-corrected chi connectivity index (χ0v) is 10.2. The number of hydrogen-bond acceptors (Lipinski definition) is 4. The molecule has 0 saturated heterocycles. The van der Waals surface area contributed by atoms with E-state index in [1.54, 1.807) is 30.2 Å². The maximum absolute atomic E-state index is 5.12. The number of thioether (sulfide) groups is 1. The van der Waals surface area contributed by atoms with Gasteiger partial charge in [-0.25, -0.2) is 4.98 Å². The molecular formula is C11H11NOS2. The van der Waals surface area contributed by atoms with Crippen molar-refractivity contribution in [2.45, 2.75) is 4.34 Å². The second-order valence-corrected chi connectivity index (χ2v) is 5.01. The fourth-order valence-electron chi connectivity index (χ4n) is 1.24. The van der Waals surface area contributed by atoms with Gasteiger partial charge in [0.1, 0.15) is 10.1 Å². The number of rotatable bonds is 3. The number of methoxy groups -OCH3 is 1. The van der Waals surface area contributed by atoms with Crippen molar-refractivity contribution in [3.8, 4) is 16.2 Å². The van der Waals surface area contributed by atoms with E-state index >= 15 is 0 Å². The SMILES string of the molecule is COc1ccc(-c2cnc(SC)s2)cc1. The topological polar surface area (TPSA) is 22.1 Å². The van der Waals surface area contributed by atoms with Gasteiger partial charge in [0, 0.05) is 6.20 Å². The Bertz CT molecular complexity index is 436. The summed E-state index contributed by atoms with van der Waals surface area (Å²) in [5.41, 5.74) is 1.19. The van der Waals surface area contributed by atoms with Crippen LogP contribution in [-0.4, -0.2) is 18.3 Å². The minimum Gasteiger partial charge on any atom is -0.497 e. The van der Waals surface area contributed by atoms with E-state index in [1.165, 1.54) is 10.4 Å². The molecule has 0 fully saturated rings. The lowest BCUT2D eigenvalue weighted by Gasteiger charge is -2.00. The summed E-state index contributed by atoms with van der Waals surface area (Å²) < 4.78 is 6.21. The number of hydrogen-bond donors (Lipinski definition) is 0. The minimum absolute atomic E-state index is 0.883. The molecule has 15 heavy (non-hydrogen) atoms. The van der Waals surface area contributed by atoms with E-state index in [4.69, 9.17) is 4.74 Å². The number of thiazole rings is 1. The lowest BCUT2D eigenvalue weighted by atomic mass is 10.2. The average molecular weight is 237 g/mol. The Hall–Kier alpha value is -1.00. The summed E-state index contributed by atoms with van der Waals surface area (Å²) in [6, 6.07) is 8.04. The highest BCUT2D eigenvalue weighted by atomic mass is 32.2. The third-order valence-electron chi connectivity index (χ3n) is 2.03. The molecule has 1 aromatic heterocycles. The first-order valence-corrected chi connectivity index (χ1v) is 6.52. The van der Waals surface area contributed by atoms with Crippen LogP contribution < -0.4 is 4.74 Å². The molecule has 0 aliphatic heterocycles. The molecular weight excluding hydrogens is 226 g/mol. The van der Waals surface area contributed by atoms with Crippen molar-refractivity contribution < 1.29 is 4.74 Å². The molecule has 0 N–H and O–H groups in total. The van der Waals surface area contributed by atoms with Gasteiger partial charge in [-0.3, -0.25) is 0 Å². The number of nitrogens with zero attached hydrogens (tertiary/aromatic N) is 1. The van der Waals surface area contributed by atoms with Gasteiger partial charge in [-0.2, -0.15) is 0 Å². The van der Waals surface area contributed by atoms with E-state index in [1.807, 2.05) is 24.6 Å². The average Bonchev–Trinajstić information content (AvgIpc) is 2.78. The molecule has 0 bridgehead atoms. The number of benzene rings is 1. The maximum Gasteiger partial charge on any atom is 0.150 e. The summed E-state index contributed by atoms with van der Waals surface area (Å²) in [6.07, 6.45) is 3.95. The fourth-order valence-corrected chi connectivity index (χ4v) is 2.65. The second kappa shape index (κ2) is 4.68. The number of aromatic nitrogens is 1. The summed E-state index contributed by atoms with van der Waals surface area (Å²) in [4.78, 5) is 5.50. The molecule has 0 spiro atoms. The molecule has 0 saturated carbocycles. The third kappa shape index (κ3) is 2.33. The fraction of sp³-hybridized carbons (Fsp3) is 0.182. The van der Waals surface area contributed by atoms with Gasteiger partial charge in [0.25, 0.3) is 0 Å². The standard InChI is InChI=1S/C11H11NOS2/c1-13-9-5-3-8(4-6-9)10-7-12-11(14-2)15-10/h3-7H,1-2H3. The van der Waals surface area contributed by atoms with Gasteiger partial charge in [0.05, 0.1) is 12.0 Å². The molecule has 2 rings (SSSR count). The lowest BCUT2D eigenvalue weighted by molar-refractivity contribution is 0.415. The molecule has 2 aromatic rings. The molecule has 0 aliphatic rings. The highest BCUT2D eigenvalue weighted by Crippen LogP contribution is 2.31. The van der Waals surface area contributed by atoms with E-state index in [-0.39, 0.29) is 0 Å². The Balaban J connectivity index is 2.28. The molecule has 1 aromatic carbocycles. The normalized spacial score (nSPS) is 10.3. The quantitative estimate of drug-likeness (QED) is 0.762. The zero-order chi connectivity index (χ0) is 10.7. The van der Waals surface area contributed by atoms with Gasteiger partial charge < -0.3 is 4.74 Å². The second-order valence-electron chi connectivity index (χ2n) is 2.92. The monoisotopic (exact) mass is 237 g/mol. The van der Waals surface area contributed by atoms with Crippen LogP contribution in [0.15, 0.2) is 34.8 Å². The van der Waals surface area contributed by atoms with Gasteiger partial charge in [0.2, 0.25) is 0 Å². The van der Waals surface area contributed by atoms with E-state index < -0.39 is 0 Å². The van der Waals surface area contributed by atoms with Crippen molar-refractivity contribution in [2.75, 3.05) is 13.4 Å². The highest BCUT2D eigenvalue weighted by Gasteiger charge is 2.03. The summed E-state index contributed by atoms with van der Waals surface area (Å²) >= 11 is 3.39. The van der Waals surface area contributed by atoms with Crippen molar-refractivity contribution in [1.29, 1.82) is 0 Å². The third-order valence-corrected chi connectivity index (χ3v) is 4.08. The molecule has 0 amide bonds. The molecule has 78 valence electrons. The Morgan fingerprint density at radius 1 is 1.27 bits per heavy atom. The zero-order valence-electron chi connectivity index (χ0n) is 8.56. The smallest absolute Gasteiger partial charge is 0.150 e. The summed E-state index contributed by atoms with van der Waals surface area (Å²) in [5, 5.41) is 0. The number of ether oxygens (including phenoxy) is 1. The Labute approximate surface area is 97.3 Å². The van der Waals surface area contributed by atoms with E-state index in [0.29, 0.717) is 0 Å². The lowest BCUT2D eigenvalue weighted by Crippen LogP contribution is -1.81. The van der Waals surface area contributed by atoms with E-state index in [2.05, 4.69) is 17.1 Å². The maximum atomic E-state index is 5.12. The predicted octanol–water partition coefficient (Wildman–Crippen LogP) is 3.54. The predicted molar refractivity (Wildman–Crippen MR) is 65.9 cm³/mol. The molecule has 2 nitrogen and oxygen atoms in total. The first-order chi connectivity index (χ1) is 7.33. The van der Waals surface area contributed by atoms with Crippen molar-refractivity contribution in [3.05, 3.63) is 30.5 Å². The van der Waals surface area contributed by atoms with Gasteiger partial charge in [-0.1, -0.05) is 11.8 Å². The van der Waals surface area contributed by atoms with Crippen molar-refractivity contribution >= 4 is 23.1 Å². The van der Waals surface area contributed by atoms with E-state index in [0.717, 1.165) is 10.1 Å². The van der Waals surface area contributed by atoms with Crippen molar-refractivity contribution in [2.24, 2.45) is 0 Å². The van der Waals surface area contributed by atoms with Crippen LogP contribution in [0.2, 0.25) is 0 Å². The largest absolute Gasteiger partial charge is 0.497 e. The van der Waals surface area contributed by atoms with Crippen LogP contribution in [-0.2, 0) is 0 Å². The van der Waals surface area contributed by atoms with Crippen LogP contribution in [0.25, 0.3) is 10.4 Å². The molecule has 0 unspecified atom stereocenters. The minimum atomic E-state index is 0.883. The molecule has 0 atom stereocenters. The first kappa shape index (κ1) is 10.5. The van der Waals surface area contributed by atoms with Crippen LogP contribution >= 0.6 is 23.1 Å². The van der Waals surface area contributed by atoms with Gasteiger partial charge in [-0.05, 0) is 36.1 Å². The van der Waals surface area contributed by atoms with Crippen LogP contribution in [0.3, 0.4) is 0 Å². The van der Waals surface area contributed by atoms with Crippen LogP contribution in [0, 0.1) is 0 Å². The van der Waals surface area contributed by atoms with Crippen molar-refractivity contribution in [1.82, 2.24) is 4.98 Å². The van der Waals surface area contributed by atoms with Crippen LogP contribution in [0.1, 0.15) is 0 Å². The Morgan fingerprint density at radius 3 is 2.53 bits per heavy atom. The summed E-state index contributed by atoms with van der Waals surface area (Å²) in [7, 11) is 1.67. The van der Waals surface area contributed by atoms with Crippen LogP contribution in [0.4, 0.5) is 0 Å².